The van der Waals surface area contributed by atoms with Gasteiger partial charge < -0.3 is 20.3 Å². The first kappa shape index (κ1) is 22.9. The van der Waals surface area contributed by atoms with E-state index in [1.54, 1.807) is 7.11 Å². The first-order valence-electron chi connectivity index (χ1n) is 11.5. The van der Waals surface area contributed by atoms with E-state index < -0.39 is 0 Å². The Kier molecular flexibility index (Phi) is 6.99. The number of anilines is 2. The molecule has 0 saturated carbocycles. The molecule has 3 N–H and O–H groups in total. The van der Waals surface area contributed by atoms with Crippen molar-refractivity contribution < 1.29 is 9.53 Å². The third-order valence-electron chi connectivity index (χ3n) is 5.95. The van der Waals surface area contributed by atoms with E-state index in [4.69, 9.17) is 4.74 Å². The average Bonchev–Trinajstić information content (AvgIpc) is 3.24. The van der Waals surface area contributed by atoms with Crippen LogP contribution in [0, 0.1) is 6.92 Å². The minimum Gasteiger partial charge on any atom is -0.497 e. The van der Waals surface area contributed by atoms with Gasteiger partial charge in [0.05, 0.1) is 7.11 Å². The molecular weight excluding hydrogens is 414 g/mol. The maximum absolute atomic E-state index is 12.7. The summed E-state index contributed by atoms with van der Waals surface area (Å²) in [7, 11) is 1.68. The van der Waals surface area contributed by atoms with Crippen molar-refractivity contribution in [2.75, 3.05) is 30.4 Å². The van der Waals surface area contributed by atoms with Crippen LogP contribution < -0.4 is 20.3 Å². The number of amides is 1. The molecule has 4 rings (SSSR count). The first-order valence-corrected chi connectivity index (χ1v) is 11.5. The van der Waals surface area contributed by atoms with E-state index in [0.29, 0.717) is 23.5 Å². The van der Waals surface area contributed by atoms with Crippen LogP contribution in [0.4, 0.5) is 11.5 Å². The van der Waals surface area contributed by atoms with Crippen molar-refractivity contribution in [2.45, 2.75) is 45.7 Å². The Morgan fingerprint density at radius 2 is 1.82 bits per heavy atom. The molecule has 1 amide bonds. The van der Waals surface area contributed by atoms with Gasteiger partial charge in [-0.25, -0.2) is 0 Å². The summed E-state index contributed by atoms with van der Waals surface area (Å²) in [5.74, 6) is 1.24. The largest absolute Gasteiger partial charge is 0.497 e. The molecule has 1 fully saturated rings. The molecule has 3 aromatic rings. The Balaban J connectivity index is 1.33. The topological polar surface area (TPSA) is 82.3 Å². The summed E-state index contributed by atoms with van der Waals surface area (Å²) in [4.78, 5) is 15.1. The molecule has 7 heteroatoms. The minimum absolute atomic E-state index is 0.162. The van der Waals surface area contributed by atoms with E-state index in [0.717, 1.165) is 43.1 Å². The Morgan fingerprint density at radius 3 is 2.52 bits per heavy atom. The van der Waals surface area contributed by atoms with Crippen LogP contribution in [0.3, 0.4) is 0 Å². The number of rotatable bonds is 7. The molecule has 33 heavy (non-hydrogen) atoms. The molecule has 0 unspecified atom stereocenters. The van der Waals surface area contributed by atoms with Gasteiger partial charge in [-0.05, 0) is 81.1 Å². The zero-order valence-electron chi connectivity index (χ0n) is 19.8. The quantitative estimate of drug-likeness (QED) is 0.511. The van der Waals surface area contributed by atoms with Gasteiger partial charge in [0, 0.05) is 48.2 Å². The Hall–Kier alpha value is -3.32. The van der Waals surface area contributed by atoms with Crippen molar-refractivity contribution in [2.24, 2.45) is 0 Å². The highest BCUT2D eigenvalue weighted by Crippen LogP contribution is 2.20. The smallest absolute Gasteiger partial charge is 0.256 e. The zero-order valence-corrected chi connectivity index (χ0v) is 19.8. The van der Waals surface area contributed by atoms with Crippen molar-refractivity contribution in [1.29, 1.82) is 0 Å². The van der Waals surface area contributed by atoms with Crippen molar-refractivity contribution >= 4 is 17.4 Å². The Morgan fingerprint density at radius 1 is 1.09 bits per heavy atom. The summed E-state index contributed by atoms with van der Waals surface area (Å²) in [6.45, 7) is 8.37. The van der Waals surface area contributed by atoms with Crippen LogP contribution in [0.2, 0.25) is 0 Å². The molecule has 0 bridgehead atoms. The number of hydrogen-bond acceptors (Lipinski definition) is 5. The number of piperazine rings is 1. The van der Waals surface area contributed by atoms with Gasteiger partial charge >= 0.3 is 0 Å². The molecule has 1 aliphatic heterocycles. The molecule has 1 aromatic heterocycles. The fraction of sp³-hybridized carbons (Fsp3) is 0.385. The lowest BCUT2D eigenvalue weighted by molar-refractivity contribution is 0.102. The minimum atomic E-state index is -0.162. The molecule has 0 radical (unpaired) electrons. The summed E-state index contributed by atoms with van der Waals surface area (Å²) in [5, 5.41) is 13.7. The molecule has 7 nitrogen and oxygen atoms in total. The second-order valence-electron chi connectivity index (χ2n) is 9.01. The van der Waals surface area contributed by atoms with Crippen LogP contribution in [0.25, 0.3) is 0 Å². The van der Waals surface area contributed by atoms with Gasteiger partial charge in [0.15, 0.2) is 5.82 Å². The van der Waals surface area contributed by atoms with Gasteiger partial charge in [-0.2, -0.15) is 5.10 Å². The summed E-state index contributed by atoms with van der Waals surface area (Å²) < 4.78 is 5.36. The lowest BCUT2D eigenvalue weighted by Gasteiger charge is -2.37. The van der Waals surface area contributed by atoms with Crippen LogP contribution >= 0.6 is 0 Å². The fourth-order valence-electron chi connectivity index (χ4n) is 4.47. The molecule has 1 saturated heterocycles. The number of hydrogen-bond donors (Lipinski definition) is 3. The molecule has 0 aliphatic carbocycles. The lowest BCUT2D eigenvalue weighted by atomic mass is 10.1. The number of carbonyl (C=O) groups is 1. The van der Waals surface area contributed by atoms with Gasteiger partial charge in [0.2, 0.25) is 0 Å². The van der Waals surface area contributed by atoms with E-state index in [1.807, 2.05) is 36.4 Å². The van der Waals surface area contributed by atoms with E-state index in [1.165, 1.54) is 11.1 Å². The molecule has 2 heterocycles. The number of aromatic amines is 1. The van der Waals surface area contributed by atoms with Crippen LogP contribution in [0.5, 0.6) is 5.75 Å². The number of aromatic nitrogens is 2. The van der Waals surface area contributed by atoms with Gasteiger partial charge in [0.1, 0.15) is 5.75 Å². The number of H-pyrrole nitrogens is 1. The molecule has 0 spiro atoms. The van der Waals surface area contributed by atoms with Gasteiger partial charge in [-0.3, -0.25) is 9.89 Å². The lowest BCUT2D eigenvalue weighted by Crippen LogP contribution is -2.54. The van der Waals surface area contributed by atoms with E-state index in [9.17, 15) is 4.79 Å². The highest BCUT2D eigenvalue weighted by molar-refractivity contribution is 6.03. The predicted octanol–water partition coefficient (Wildman–Crippen LogP) is 3.95. The Labute approximate surface area is 195 Å². The zero-order chi connectivity index (χ0) is 23.4. The monoisotopic (exact) mass is 447 g/mol. The highest BCUT2D eigenvalue weighted by atomic mass is 16.5. The third kappa shape index (κ3) is 5.93. The van der Waals surface area contributed by atoms with E-state index in [-0.39, 0.29) is 5.91 Å². The first-order chi connectivity index (χ1) is 15.9. The normalized spacial score (nSPS) is 18.2. The van der Waals surface area contributed by atoms with Crippen LogP contribution in [0.1, 0.15) is 41.0 Å². The number of methoxy groups -OCH3 is 1. The van der Waals surface area contributed by atoms with Gasteiger partial charge in [-0.15, -0.1) is 0 Å². The molecular formula is C26H33N5O2. The standard InChI is InChI=1S/C26H33N5O2/c1-17-11-20(13-24(12-17)33-4)5-8-22-14-25(30-29-22)28-26(32)21-6-9-23(10-7-21)31-15-18(2)27-19(3)16-31/h6-7,9-14,18-19,27H,5,8,15-16H2,1-4H3,(H2,28,29,30,32)/t18-,19+. The maximum atomic E-state index is 12.7. The second-order valence-corrected chi connectivity index (χ2v) is 9.01. The molecule has 2 atom stereocenters. The van der Waals surface area contributed by atoms with E-state index in [2.05, 4.69) is 58.6 Å². The Bertz CT molecular complexity index is 1080. The van der Waals surface area contributed by atoms with Crippen LogP contribution in [0.15, 0.2) is 48.5 Å². The van der Waals surface area contributed by atoms with Gasteiger partial charge in [0.25, 0.3) is 5.91 Å². The number of aryl methyl sites for hydroxylation is 3. The maximum Gasteiger partial charge on any atom is 0.256 e. The highest BCUT2D eigenvalue weighted by Gasteiger charge is 2.21. The van der Waals surface area contributed by atoms with Crippen molar-refractivity contribution in [3.8, 4) is 5.75 Å². The SMILES string of the molecule is COc1cc(C)cc(CCc2cc(NC(=O)c3ccc(N4C[C@@H](C)N[C@@H](C)C4)cc3)n[nH]2)c1. The molecule has 2 aromatic carbocycles. The van der Waals surface area contributed by atoms with Crippen molar-refractivity contribution in [1.82, 2.24) is 15.5 Å². The third-order valence-corrected chi connectivity index (χ3v) is 5.95. The number of nitrogens with zero attached hydrogens (tertiary/aromatic N) is 2. The summed E-state index contributed by atoms with van der Waals surface area (Å²) in [5.41, 5.74) is 5.12. The van der Waals surface area contributed by atoms with E-state index >= 15 is 0 Å². The summed E-state index contributed by atoms with van der Waals surface area (Å²) in [6.07, 6.45) is 1.66. The number of ether oxygens (including phenoxy) is 1. The number of benzene rings is 2. The molecule has 174 valence electrons. The van der Waals surface area contributed by atoms with Gasteiger partial charge in [-0.1, -0.05) is 6.07 Å². The van der Waals surface area contributed by atoms with Crippen molar-refractivity contribution in [3.63, 3.8) is 0 Å². The second kappa shape index (κ2) is 10.1. The van der Waals surface area contributed by atoms with Crippen molar-refractivity contribution in [3.05, 3.63) is 70.9 Å². The van der Waals surface area contributed by atoms with Crippen LogP contribution in [-0.4, -0.2) is 48.4 Å². The predicted molar refractivity (Wildman–Crippen MR) is 132 cm³/mol. The number of carbonyl (C=O) groups excluding carboxylic acids is 1. The summed E-state index contributed by atoms with van der Waals surface area (Å²) in [6, 6.07) is 16.8. The summed E-state index contributed by atoms with van der Waals surface area (Å²) >= 11 is 0. The average molecular weight is 448 g/mol. The number of nitrogens with one attached hydrogen (secondary N) is 3. The fourth-order valence-corrected chi connectivity index (χ4v) is 4.47. The van der Waals surface area contributed by atoms with Crippen LogP contribution in [-0.2, 0) is 12.8 Å². The molecule has 1 aliphatic rings.